The largest absolute Gasteiger partial charge is 0.481 e. The summed E-state index contributed by atoms with van der Waals surface area (Å²) in [5.74, 6) is -1.54. The lowest BCUT2D eigenvalue weighted by Crippen LogP contribution is -2.36. The van der Waals surface area contributed by atoms with Gasteiger partial charge in [0.05, 0.1) is 6.61 Å². The van der Waals surface area contributed by atoms with Gasteiger partial charge in [-0.25, -0.2) is 4.39 Å². The molecule has 0 spiro atoms. The van der Waals surface area contributed by atoms with E-state index in [-0.39, 0.29) is 25.5 Å². The Morgan fingerprint density at radius 2 is 2.10 bits per heavy atom. The van der Waals surface area contributed by atoms with Gasteiger partial charge in [-0.15, -0.1) is 0 Å². The molecule has 0 saturated heterocycles. The van der Waals surface area contributed by atoms with E-state index >= 15 is 0 Å². The van der Waals surface area contributed by atoms with Crippen LogP contribution in [0.25, 0.3) is 0 Å². The number of halogens is 2. The lowest BCUT2D eigenvalue weighted by atomic mass is 10.3. The van der Waals surface area contributed by atoms with Gasteiger partial charge in [0.1, 0.15) is 6.54 Å². The van der Waals surface area contributed by atoms with E-state index in [4.69, 9.17) is 9.47 Å². The lowest BCUT2D eigenvalue weighted by molar-refractivity contribution is -0.148. The minimum absolute atomic E-state index is 0.0221. The molecule has 20 heavy (non-hydrogen) atoms. The molecule has 1 rings (SSSR count). The molecule has 0 atom stereocenters. The van der Waals surface area contributed by atoms with E-state index in [0.717, 1.165) is 4.90 Å². The molecule has 0 aliphatic rings. The van der Waals surface area contributed by atoms with Gasteiger partial charge in [-0.05, 0) is 25.1 Å². The summed E-state index contributed by atoms with van der Waals surface area (Å²) in [5, 5.41) is 0. The summed E-state index contributed by atoms with van der Waals surface area (Å²) in [6.45, 7) is 1.41. The Kier molecular flexibility index (Phi) is 6.44. The number of carbonyl (C=O) groups excluding carboxylic acids is 2. The molecule has 5 nitrogen and oxygen atoms in total. The number of likely N-dealkylation sites (N-methyl/N-ethyl adjacent to an activating group) is 1. The molecule has 1 aromatic carbocycles. The van der Waals surface area contributed by atoms with E-state index in [1.54, 1.807) is 13.0 Å². The molecule has 0 aliphatic heterocycles. The van der Waals surface area contributed by atoms with Crippen LogP contribution >= 0.6 is 15.9 Å². The molecule has 1 amide bonds. The minimum Gasteiger partial charge on any atom is -0.481 e. The number of carbonyl (C=O) groups is 2. The predicted molar refractivity (Wildman–Crippen MR) is 73.9 cm³/mol. The van der Waals surface area contributed by atoms with Crippen LogP contribution in [0.2, 0.25) is 0 Å². The maximum atomic E-state index is 13.5. The zero-order valence-corrected chi connectivity index (χ0v) is 12.8. The standard InChI is InChI=1S/C13H15BrFNO4/c1-3-19-13(18)7-16(2)12(17)8-20-11-5-4-9(14)6-10(11)15/h4-6H,3,7-8H2,1-2H3. The third-order valence-corrected chi connectivity index (χ3v) is 2.84. The maximum absolute atomic E-state index is 13.5. The van der Waals surface area contributed by atoms with Crippen LogP contribution in [0, 0.1) is 5.82 Å². The first-order valence-corrected chi connectivity index (χ1v) is 6.70. The van der Waals surface area contributed by atoms with Gasteiger partial charge in [-0.2, -0.15) is 0 Å². The monoisotopic (exact) mass is 347 g/mol. The normalized spacial score (nSPS) is 10.0. The van der Waals surface area contributed by atoms with E-state index in [1.807, 2.05) is 0 Å². The molecule has 110 valence electrons. The van der Waals surface area contributed by atoms with E-state index in [9.17, 15) is 14.0 Å². The van der Waals surface area contributed by atoms with Crippen molar-refractivity contribution in [3.05, 3.63) is 28.5 Å². The molecular weight excluding hydrogens is 333 g/mol. The predicted octanol–water partition coefficient (Wildman–Crippen LogP) is 1.99. The maximum Gasteiger partial charge on any atom is 0.325 e. The molecule has 0 fully saturated rings. The number of esters is 1. The van der Waals surface area contributed by atoms with Crippen molar-refractivity contribution in [3.63, 3.8) is 0 Å². The van der Waals surface area contributed by atoms with Crippen LogP contribution in [0.1, 0.15) is 6.92 Å². The average molecular weight is 348 g/mol. The van der Waals surface area contributed by atoms with Crippen molar-refractivity contribution in [1.82, 2.24) is 4.90 Å². The third kappa shape index (κ3) is 5.16. The van der Waals surface area contributed by atoms with Gasteiger partial charge in [0.2, 0.25) is 0 Å². The van der Waals surface area contributed by atoms with E-state index in [2.05, 4.69) is 15.9 Å². The summed E-state index contributed by atoms with van der Waals surface area (Å²) in [6.07, 6.45) is 0. The highest BCUT2D eigenvalue weighted by atomic mass is 79.9. The topological polar surface area (TPSA) is 55.8 Å². The first-order valence-electron chi connectivity index (χ1n) is 5.91. The zero-order valence-electron chi connectivity index (χ0n) is 11.2. The van der Waals surface area contributed by atoms with Crippen LogP contribution in [0.5, 0.6) is 5.75 Å². The van der Waals surface area contributed by atoms with Gasteiger partial charge >= 0.3 is 5.97 Å². The highest BCUT2D eigenvalue weighted by molar-refractivity contribution is 9.10. The van der Waals surface area contributed by atoms with Crippen molar-refractivity contribution < 1.29 is 23.5 Å². The van der Waals surface area contributed by atoms with Crippen molar-refractivity contribution in [2.75, 3.05) is 26.8 Å². The molecule has 0 bridgehead atoms. The molecule has 0 saturated carbocycles. The SMILES string of the molecule is CCOC(=O)CN(C)C(=O)COc1ccc(Br)cc1F. The molecule has 0 aliphatic carbocycles. The molecule has 0 heterocycles. The van der Waals surface area contributed by atoms with Gasteiger partial charge in [0.15, 0.2) is 18.2 Å². The fourth-order valence-corrected chi connectivity index (χ4v) is 1.66. The highest BCUT2D eigenvalue weighted by Crippen LogP contribution is 2.21. The zero-order chi connectivity index (χ0) is 15.1. The van der Waals surface area contributed by atoms with Crippen LogP contribution in [-0.4, -0.2) is 43.6 Å². The number of rotatable bonds is 6. The quantitative estimate of drug-likeness (QED) is 0.738. The Hall–Kier alpha value is -1.63. The van der Waals surface area contributed by atoms with Gasteiger partial charge in [0.25, 0.3) is 5.91 Å². The Morgan fingerprint density at radius 3 is 2.70 bits per heavy atom. The summed E-state index contributed by atoms with van der Waals surface area (Å²) in [4.78, 5) is 24.1. The van der Waals surface area contributed by atoms with Crippen molar-refractivity contribution in [2.45, 2.75) is 6.92 Å². The smallest absolute Gasteiger partial charge is 0.325 e. The Morgan fingerprint density at radius 1 is 1.40 bits per heavy atom. The summed E-state index contributed by atoms with van der Waals surface area (Å²) >= 11 is 3.12. The summed E-state index contributed by atoms with van der Waals surface area (Å²) in [5.41, 5.74) is 0. The Labute approximate surface area is 124 Å². The fraction of sp³-hybridized carbons (Fsp3) is 0.385. The number of nitrogens with zero attached hydrogens (tertiary/aromatic N) is 1. The lowest BCUT2D eigenvalue weighted by Gasteiger charge is -2.16. The molecular formula is C13H15BrFNO4. The van der Waals surface area contributed by atoms with Gasteiger partial charge in [0, 0.05) is 11.5 Å². The van der Waals surface area contributed by atoms with Crippen LogP contribution in [0.15, 0.2) is 22.7 Å². The molecule has 0 radical (unpaired) electrons. The first-order chi connectivity index (χ1) is 9.43. The third-order valence-electron chi connectivity index (χ3n) is 2.34. The number of ether oxygens (including phenoxy) is 2. The van der Waals surface area contributed by atoms with Crippen LogP contribution in [-0.2, 0) is 14.3 Å². The molecule has 0 unspecified atom stereocenters. The fourth-order valence-electron chi connectivity index (χ4n) is 1.33. The van der Waals surface area contributed by atoms with Crippen molar-refractivity contribution in [1.29, 1.82) is 0 Å². The van der Waals surface area contributed by atoms with Gasteiger partial charge in [-0.1, -0.05) is 15.9 Å². The van der Waals surface area contributed by atoms with Crippen molar-refractivity contribution in [3.8, 4) is 5.75 Å². The molecule has 1 aromatic rings. The average Bonchev–Trinajstić information content (AvgIpc) is 2.37. The number of hydrogen-bond acceptors (Lipinski definition) is 4. The molecule has 0 aromatic heterocycles. The highest BCUT2D eigenvalue weighted by Gasteiger charge is 2.15. The Bertz CT molecular complexity index is 495. The number of amides is 1. The second-order valence-corrected chi connectivity index (χ2v) is 4.83. The number of hydrogen-bond donors (Lipinski definition) is 0. The van der Waals surface area contributed by atoms with Crippen molar-refractivity contribution in [2.24, 2.45) is 0 Å². The van der Waals surface area contributed by atoms with Crippen molar-refractivity contribution >= 4 is 27.8 Å². The van der Waals surface area contributed by atoms with Gasteiger partial charge < -0.3 is 14.4 Å². The van der Waals surface area contributed by atoms with E-state index < -0.39 is 17.7 Å². The molecule has 7 heteroatoms. The van der Waals surface area contributed by atoms with E-state index in [1.165, 1.54) is 19.2 Å². The summed E-state index contributed by atoms with van der Waals surface area (Å²) < 4.78 is 23.8. The second-order valence-electron chi connectivity index (χ2n) is 3.92. The van der Waals surface area contributed by atoms with Crippen LogP contribution in [0.3, 0.4) is 0 Å². The number of benzene rings is 1. The molecule has 0 N–H and O–H groups in total. The van der Waals surface area contributed by atoms with E-state index in [0.29, 0.717) is 4.47 Å². The summed E-state index contributed by atoms with van der Waals surface area (Å²) in [6, 6.07) is 4.26. The first kappa shape index (κ1) is 16.4. The summed E-state index contributed by atoms with van der Waals surface area (Å²) in [7, 11) is 1.44. The Balaban J connectivity index is 2.48. The van der Waals surface area contributed by atoms with Gasteiger partial charge in [-0.3, -0.25) is 9.59 Å². The second kappa shape index (κ2) is 7.84. The van der Waals surface area contributed by atoms with Crippen LogP contribution in [0.4, 0.5) is 4.39 Å². The minimum atomic E-state index is -0.569. The van der Waals surface area contributed by atoms with Crippen LogP contribution < -0.4 is 4.74 Å².